The van der Waals surface area contributed by atoms with E-state index in [9.17, 15) is 8.42 Å². The Morgan fingerprint density at radius 3 is 2.57 bits per heavy atom. The number of sulfonamides is 1. The maximum atomic E-state index is 12.5. The lowest BCUT2D eigenvalue weighted by molar-refractivity contribution is 0.471. The van der Waals surface area contributed by atoms with Gasteiger partial charge in [-0.3, -0.25) is 4.98 Å². The normalized spacial score (nSPS) is 11.3. The largest absolute Gasteiger partial charge is 0.261 e. The summed E-state index contributed by atoms with van der Waals surface area (Å²) in [5, 5.41) is 9.03. The third-order valence-corrected chi connectivity index (χ3v) is 5.02. The van der Waals surface area contributed by atoms with E-state index in [1.165, 1.54) is 23.5 Å². The first-order valence-electron chi connectivity index (χ1n) is 6.41. The molecule has 0 bridgehead atoms. The van der Waals surface area contributed by atoms with Gasteiger partial charge in [-0.15, -0.1) is 0 Å². The van der Waals surface area contributed by atoms with Crippen LogP contribution in [0.5, 0.6) is 0 Å². The molecule has 21 heavy (non-hydrogen) atoms. The second kappa shape index (κ2) is 6.48. The molecule has 1 aromatic heterocycles. The summed E-state index contributed by atoms with van der Waals surface area (Å²) in [7, 11) is -2.16. The zero-order chi connectivity index (χ0) is 15.3. The van der Waals surface area contributed by atoms with Crippen LogP contribution >= 0.6 is 0 Å². The molecule has 1 heterocycles. The van der Waals surface area contributed by atoms with Gasteiger partial charge in [0, 0.05) is 31.9 Å². The standard InChI is InChI=1S/C15H15N3O2S/c1-18(11-9-14-7-4-5-10-17-14)21(19,20)15-8-3-2-6-13(15)12-16/h2-8,10H,9,11H2,1H3. The highest BCUT2D eigenvalue weighted by Crippen LogP contribution is 2.18. The quantitative estimate of drug-likeness (QED) is 0.844. The first-order chi connectivity index (χ1) is 10.1. The number of hydrogen-bond donors (Lipinski definition) is 0. The Hall–Kier alpha value is -2.23. The molecule has 0 atom stereocenters. The van der Waals surface area contributed by atoms with E-state index in [2.05, 4.69) is 4.98 Å². The lowest BCUT2D eigenvalue weighted by Gasteiger charge is -2.17. The van der Waals surface area contributed by atoms with Gasteiger partial charge < -0.3 is 0 Å². The average molecular weight is 301 g/mol. The minimum absolute atomic E-state index is 0.0380. The summed E-state index contributed by atoms with van der Waals surface area (Å²) in [5.74, 6) is 0. The molecule has 108 valence electrons. The Kier molecular flexibility index (Phi) is 4.68. The topological polar surface area (TPSA) is 74.1 Å². The molecule has 0 N–H and O–H groups in total. The SMILES string of the molecule is CN(CCc1ccccn1)S(=O)(=O)c1ccccc1C#N. The number of nitriles is 1. The van der Waals surface area contributed by atoms with Gasteiger partial charge in [-0.25, -0.2) is 12.7 Å². The van der Waals surface area contributed by atoms with Crippen LogP contribution in [-0.2, 0) is 16.4 Å². The van der Waals surface area contributed by atoms with Gasteiger partial charge in [-0.2, -0.15) is 5.26 Å². The third-order valence-electron chi connectivity index (χ3n) is 3.10. The van der Waals surface area contributed by atoms with Crippen LogP contribution < -0.4 is 0 Å². The molecule has 0 saturated heterocycles. The fourth-order valence-corrected chi connectivity index (χ4v) is 3.20. The first-order valence-corrected chi connectivity index (χ1v) is 7.85. The van der Waals surface area contributed by atoms with Crippen LogP contribution in [0, 0.1) is 11.3 Å². The van der Waals surface area contributed by atoms with Crippen LogP contribution in [0.1, 0.15) is 11.3 Å². The van der Waals surface area contributed by atoms with Crippen molar-refractivity contribution in [3.05, 3.63) is 59.9 Å². The summed E-state index contributed by atoms with van der Waals surface area (Å²) in [6, 6.07) is 13.6. The number of likely N-dealkylation sites (N-methyl/N-ethyl adjacent to an activating group) is 1. The van der Waals surface area contributed by atoms with Gasteiger partial charge in [0.1, 0.15) is 6.07 Å². The monoisotopic (exact) mass is 301 g/mol. The van der Waals surface area contributed by atoms with Gasteiger partial charge in [0.05, 0.1) is 10.5 Å². The van der Waals surface area contributed by atoms with Crippen LogP contribution in [0.25, 0.3) is 0 Å². The summed E-state index contributed by atoms with van der Waals surface area (Å²) in [6.07, 6.45) is 2.19. The summed E-state index contributed by atoms with van der Waals surface area (Å²) in [4.78, 5) is 4.20. The van der Waals surface area contributed by atoms with E-state index in [0.717, 1.165) is 5.69 Å². The number of nitrogens with zero attached hydrogens (tertiary/aromatic N) is 3. The van der Waals surface area contributed by atoms with E-state index in [4.69, 9.17) is 5.26 Å². The molecule has 1 aromatic carbocycles. The zero-order valence-corrected chi connectivity index (χ0v) is 12.4. The molecule has 6 heteroatoms. The average Bonchev–Trinajstić information content (AvgIpc) is 2.53. The van der Waals surface area contributed by atoms with E-state index in [1.54, 1.807) is 18.3 Å². The predicted octanol–water partition coefficient (Wildman–Crippen LogP) is 1.82. The molecule has 5 nitrogen and oxygen atoms in total. The minimum Gasteiger partial charge on any atom is -0.261 e. The summed E-state index contributed by atoms with van der Waals surface area (Å²) in [5.41, 5.74) is 0.982. The molecule has 0 unspecified atom stereocenters. The molecule has 0 saturated carbocycles. The fraction of sp³-hybridized carbons (Fsp3) is 0.200. The van der Waals surface area contributed by atoms with Crippen molar-refractivity contribution in [1.82, 2.24) is 9.29 Å². The highest BCUT2D eigenvalue weighted by molar-refractivity contribution is 7.89. The Morgan fingerprint density at radius 2 is 1.90 bits per heavy atom. The van der Waals surface area contributed by atoms with Crippen molar-refractivity contribution in [2.75, 3.05) is 13.6 Å². The van der Waals surface area contributed by atoms with E-state index < -0.39 is 10.0 Å². The fourth-order valence-electron chi connectivity index (χ4n) is 1.89. The van der Waals surface area contributed by atoms with Gasteiger partial charge >= 0.3 is 0 Å². The van der Waals surface area contributed by atoms with Crippen LogP contribution in [0.3, 0.4) is 0 Å². The zero-order valence-electron chi connectivity index (χ0n) is 11.6. The van der Waals surface area contributed by atoms with Gasteiger partial charge in [0.15, 0.2) is 0 Å². The number of benzene rings is 1. The lowest BCUT2D eigenvalue weighted by atomic mass is 10.2. The minimum atomic E-state index is -3.67. The number of rotatable bonds is 5. The molecule has 0 aliphatic carbocycles. The molecule has 0 aliphatic rings. The molecule has 0 radical (unpaired) electrons. The summed E-state index contributed by atoms with van der Waals surface area (Å²) >= 11 is 0. The van der Waals surface area contributed by atoms with Crippen molar-refractivity contribution < 1.29 is 8.42 Å². The maximum absolute atomic E-state index is 12.5. The molecule has 0 fully saturated rings. The van der Waals surface area contributed by atoms with Crippen molar-refractivity contribution in [3.63, 3.8) is 0 Å². The molecular formula is C15H15N3O2S. The van der Waals surface area contributed by atoms with Gasteiger partial charge in [-0.05, 0) is 24.3 Å². The summed E-state index contributed by atoms with van der Waals surface area (Å²) < 4.78 is 26.2. The molecule has 2 rings (SSSR count). The molecular weight excluding hydrogens is 286 g/mol. The predicted molar refractivity (Wildman–Crippen MR) is 78.9 cm³/mol. The Morgan fingerprint density at radius 1 is 1.19 bits per heavy atom. The molecule has 2 aromatic rings. The molecule has 0 aliphatic heterocycles. The number of hydrogen-bond acceptors (Lipinski definition) is 4. The Balaban J connectivity index is 2.18. The van der Waals surface area contributed by atoms with Crippen LogP contribution in [0.2, 0.25) is 0 Å². The van der Waals surface area contributed by atoms with Gasteiger partial charge in [0.25, 0.3) is 0 Å². The van der Waals surface area contributed by atoms with Gasteiger partial charge in [-0.1, -0.05) is 18.2 Å². The third kappa shape index (κ3) is 3.45. The first kappa shape index (κ1) is 15.2. The Bertz CT molecular complexity index is 752. The van der Waals surface area contributed by atoms with E-state index in [-0.39, 0.29) is 10.5 Å². The summed E-state index contributed by atoms with van der Waals surface area (Å²) in [6.45, 7) is 0.305. The maximum Gasteiger partial charge on any atom is 0.244 e. The van der Waals surface area contributed by atoms with Crippen molar-refractivity contribution in [1.29, 1.82) is 5.26 Å². The van der Waals surface area contributed by atoms with Crippen molar-refractivity contribution in [2.45, 2.75) is 11.3 Å². The van der Waals surface area contributed by atoms with Gasteiger partial charge in [0.2, 0.25) is 10.0 Å². The van der Waals surface area contributed by atoms with Crippen molar-refractivity contribution >= 4 is 10.0 Å². The second-order valence-electron chi connectivity index (χ2n) is 4.51. The molecule has 0 spiro atoms. The smallest absolute Gasteiger partial charge is 0.244 e. The van der Waals surface area contributed by atoms with Crippen LogP contribution in [0.15, 0.2) is 53.6 Å². The van der Waals surface area contributed by atoms with E-state index in [1.807, 2.05) is 24.3 Å². The Labute approximate surface area is 124 Å². The lowest BCUT2D eigenvalue weighted by Crippen LogP contribution is -2.29. The molecule has 0 amide bonds. The number of pyridine rings is 1. The van der Waals surface area contributed by atoms with E-state index in [0.29, 0.717) is 13.0 Å². The van der Waals surface area contributed by atoms with E-state index >= 15 is 0 Å². The van der Waals surface area contributed by atoms with Crippen molar-refractivity contribution in [2.24, 2.45) is 0 Å². The second-order valence-corrected chi connectivity index (χ2v) is 6.52. The number of aromatic nitrogens is 1. The van der Waals surface area contributed by atoms with Crippen LogP contribution in [0.4, 0.5) is 0 Å². The van der Waals surface area contributed by atoms with Crippen molar-refractivity contribution in [3.8, 4) is 6.07 Å². The van der Waals surface area contributed by atoms with Crippen LogP contribution in [-0.4, -0.2) is 31.3 Å². The highest BCUT2D eigenvalue weighted by Gasteiger charge is 2.23. The highest BCUT2D eigenvalue weighted by atomic mass is 32.2.